The van der Waals surface area contributed by atoms with Gasteiger partial charge in [0.05, 0.1) is 0 Å². The number of aromatic hydroxyl groups is 2. The van der Waals surface area contributed by atoms with Crippen molar-refractivity contribution >= 4 is 23.5 Å². The van der Waals surface area contributed by atoms with Crippen LogP contribution in [0.2, 0.25) is 0 Å². The van der Waals surface area contributed by atoms with Crippen LogP contribution in [0.4, 0.5) is 5.69 Å². The first kappa shape index (κ1) is 21.4. The van der Waals surface area contributed by atoms with Gasteiger partial charge in [-0.05, 0) is 42.0 Å². The van der Waals surface area contributed by atoms with Crippen LogP contribution in [0.1, 0.15) is 33.2 Å². The van der Waals surface area contributed by atoms with Crippen molar-refractivity contribution in [3.05, 3.63) is 83.4 Å². The van der Waals surface area contributed by atoms with Crippen molar-refractivity contribution in [1.29, 1.82) is 0 Å². The molecular weight excluding hydrogens is 400 g/mol. The first-order valence-electron chi connectivity index (χ1n) is 9.31. The van der Waals surface area contributed by atoms with E-state index in [0.29, 0.717) is 16.8 Å². The fourth-order valence-corrected chi connectivity index (χ4v) is 2.86. The summed E-state index contributed by atoms with van der Waals surface area (Å²) in [6.45, 7) is 1.37. The van der Waals surface area contributed by atoms with Crippen molar-refractivity contribution in [2.45, 2.75) is 13.5 Å². The molecule has 2 amide bonds. The number of hydrogen-bond donors (Lipinski definition) is 4. The maximum absolute atomic E-state index is 12.6. The molecule has 0 aliphatic heterocycles. The summed E-state index contributed by atoms with van der Waals surface area (Å²) in [7, 11) is 0. The molecule has 0 aliphatic carbocycles. The Kier molecular flexibility index (Phi) is 6.51. The Morgan fingerprint density at radius 2 is 1.55 bits per heavy atom. The Morgan fingerprint density at radius 3 is 2.26 bits per heavy atom. The maximum atomic E-state index is 12.6. The summed E-state index contributed by atoms with van der Waals surface area (Å²) in [4.78, 5) is 36.1. The zero-order chi connectivity index (χ0) is 22.4. The Morgan fingerprint density at radius 1 is 0.839 bits per heavy atom. The minimum Gasteiger partial charge on any atom is -0.508 e. The van der Waals surface area contributed by atoms with Gasteiger partial charge in [0.1, 0.15) is 17.2 Å². The molecule has 0 aliphatic rings. The van der Waals surface area contributed by atoms with Crippen LogP contribution in [0.3, 0.4) is 0 Å². The molecule has 4 N–H and O–H groups in total. The Balaban J connectivity index is 1.71. The van der Waals surface area contributed by atoms with Crippen LogP contribution in [0.25, 0.3) is 0 Å². The molecule has 3 aromatic carbocycles. The molecule has 0 atom stereocenters. The number of ether oxygens (including phenoxy) is 1. The summed E-state index contributed by atoms with van der Waals surface area (Å²) in [5, 5.41) is 24.5. The van der Waals surface area contributed by atoms with E-state index in [2.05, 4.69) is 10.6 Å². The van der Waals surface area contributed by atoms with Gasteiger partial charge >= 0.3 is 5.97 Å². The van der Waals surface area contributed by atoms with E-state index in [1.54, 1.807) is 42.5 Å². The fourth-order valence-electron chi connectivity index (χ4n) is 2.86. The van der Waals surface area contributed by atoms with E-state index in [9.17, 15) is 24.6 Å². The number of phenols is 2. The first-order chi connectivity index (χ1) is 14.8. The summed E-state index contributed by atoms with van der Waals surface area (Å²) in [5.41, 5.74) is 1.53. The number of benzene rings is 3. The summed E-state index contributed by atoms with van der Waals surface area (Å²) < 4.78 is 5.00. The number of carbonyl (C=O) groups is 3. The minimum atomic E-state index is -0.499. The molecule has 0 saturated heterocycles. The number of esters is 1. The Bertz CT molecular complexity index is 1120. The fraction of sp³-hybridized carbons (Fsp3) is 0.0870. The molecule has 0 bridgehead atoms. The molecule has 0 saturated carbocycles. The molecular formula is C23H20N2O6. The highest BCUT2D eigenvalue weighted by atomic mass is 16.5. The molecule has 31 heavy (non-hydrogen) atoms. The topological polar surface area (TPSA) is 125 Å². The van der Waals surface area contributed by atoms with Crippen molar-refractivity contribution in [3.8, 4) is 17.2 Å². The van der Waals surface area contributed by atoms with Crippen LogP contribution in [0.5, 0.6) is 17.2 Å². The van der Waals surface area contributed by atoms with E-state index < -0.39 is 17.8 Å². The van der Waals surface area contributed by atoms with Gasteiger partial charge < -0.3 is 25.6 Å². The summed E-state index contributed by atoms with van der Waals surface area (Å²) >= 11 is 0. The van der Waals surface area contributed by atoms with Crippen LogP contribution in [0, 0.1) is 0 Å². The van der Waals surface area contributed by atoms with Gasteiger partial charge in [0.25, 0.3) is 11.8 Å². The van der Waals surface area contributed by atoms with Gasteiger partial charge in [-0.1, -0.05) is 24.3 Å². The first-order valence-corrected chi connectivity index (χ1v) is 9.31. The molecule has 3 aromatic rings. The Hall–Kier alpha value is -4.33. The number of para-hydroxylation sites is 1. The summed E-state index contributed by atoms with van der Waals surface area (Å²) in [6, 6.07) is 16.7. The van der Waals surface area contributed by atoms with E-state index in [1.165, 1.54) is 25.1 Å². The molecule has 3 rings (SSSR count). The lowest BCUT2D eigenvalue weighted by molar-refractivity contribution is -0.131. The van der Waals surface area contributed by atoms with Crippen molar-refractivity contribution < 1.29 is 29.3 Å². The Labute approximate surface area is 178 Å². The molecule has 8 heteroatoms. The third kappa shape index (κ3) is 5.83. The number of phenolic OH excluding ortho intramolecular Hbond substituents is 2. The lowest BCUT2D eigenvalue weighted by atomic mass is 10.1. The highest BCUT2D eigenvalue weighted by Gasteiger charge is 2.13. The summed E-state index contributed by atoms with van der Waals surface area (Å²) in [6.07, 6.45) is 0. The number of anilines is 1. The van der Waals surface area contributed by atoms with Crippen LogP contribution < -0.4 is 15.4 Å². The van der Waals surface area contributed by atoms with E-state index >= 15 is 0 Å². The van der Waals surface area contributed by atoms with Gasteiger partial charge in [0.2, 0.25) is 0 Å². The highest BCUT2D eigenvalue weighted by molar-refractivity contribution is 6.05. The molecule has 0 fully saturated rings. The second-order valence-electron chi connectivity index (χ2n) is 6.65. The van der Waals surface area contributed by atoms with Crippen molar-refractivity contribution in [2.24, 2.45) is 0 Å². The van der Waals surface area contributed by atoms with Gasteiger partial charge in [-0.15, -0.1) is 0 Å². The standard InChI is InChI=1S/C23H20N2O6/c1-14(26)31-20-7-4-6-15(11-20)23(30)25-21-8-3-2-5-16(21)13-24-22(29)17-9-18(27)12-19(28)10-17/h2-12,27-28H,13H2,1H3,(H,24,29)(H,25,30). The predicted octanol–water partition coefficient (Wildman–Crippen LogP) is 3.21. The predicted molar refractivity (Wildman–Crippen MR) is 113 cm³/mol. The SMILES string of the molecule is CC(=O)Oc1cccc(C(=O)Nc2ccccc2CNC(=O)c2cc(O)cc(O)c2)c1. The average Bonchev–Trinajstić information content (AvgIpc) is 2.72. The molecule has 0 unspecified atom stereocenters. The third-order valence-corrected chi connectivity index (χ3v) is 4.23. The quantitative estimate of drug-likeness (QED) is 0.359. The maximum Gasteiger partial charge on any atom is 0.308 e. The lowest BCUT2D eigenvalue weighted by Gasteiger charge is -2.13. The second-order valence-corrected chi connectivity index (χ2v) is 6.65. The number of amides is 2. The summed E-state index contributed by atoms with van der Waals surface area (Å²) in [5.74, 6) is -1.59. The molecule has 0 radical (unpaired) electrons. The molecule has 0 aromatic heterocycles. The number of rotatable bonds is 6. The molecule has 0 spiro atoms. The van der Waals surface area contributed by atoms with E-state index in [0.717, 1.165) is 6.07 Å². The number of hydrogen-bond acceptors (Lipinski definition) is 6. The van der Waals surface area contributed by atoms with Crippen molar-refractivity contribution in [1.82, 2.24) is 5.32 Å². The molecule has 0 heterocycles. The van der Waals surface area contributed by atoms with Gasteiger partial charge in [-0.2, -0.15) is 0 Å². The highest BCUT2D eigenvalue weighted by Crippen LogP contribution is 2.21. The zero-order valence-corrected chi connectivity index (χ0v) is 16.6. The number of nitrogens with one attached hydrogen (secondary N) is 2. The van der Waals surface area contributed by atoms with Gasteiger partial charge in [0.15, 0.2) is 0 Å². The smallest absolute Gasteiger partial charge is 0.308 e. The van der Waals surface area contributed by atoms with Crippen LogP contribution in [0.15, 0.2) is 66.7 Å². The van der Waals surface area contributed by atoms with E-state index in [4.69, 9.17) is 4.74 Å². The van der Waals surface area contributed by atoms with Crippen LogP contribution in [-0.4, -0.2) is 28.0 Å². The van der Waals surface area contributed by atoms with Crippen molar-refractivity contribution in [2.75, 3.05) is 5.32 Å². The van der Waals surface area contributed by atoms with Gasteiger partial charge in [-0.3, -0.25) is 14.4 Å². The van der Waals surface area contributed by atoms with Crippen molar-refractivity contribution in [3.63, 3.8) is 0 Å². The second kappa shape index (κ2) is 9.45. The van der Waals surface area contributed by atoms with Gasteiger partial charge in [0, 0.05) is 36.3 Å². The zero-order valence-electron chi connectivity index (χ0n) is 16.6. The monoisotopic (exact) mass is 420 g/mol. The normalized spacial score (nSPS) is 10.2. The largest absolute Gasteiger partial charge is 0.508 e. The van der Waals surface area contributed by atoms with E-state index in [-0.39, 0.29) is 29.4 Å². The minimum absolute atomic E-state index is 0.0964. The number of carbonyl (C=O) groups excluding carboxylic acids is 3. The lowest BCUT2D eigenvalue weighted by Crippen LogP contribution is -2.24. The third-order valence-electron chi connectivity index (χ3n) is 4.23. The molecule has 8 nitrogen and oxygen atoms in total. The van der Waals surface area contributed by atoms with E-state index in [1.807, 2.05) is 0 Å². The molecule has 158 valence electrons. The average molecular weight is 420 g/mol. The van der Waals surface area contributed by atoms with Gasteiger partial charge in [-0.25, -0.2) is 0 Å². The van der Waals surface area contributed by atoms with Crippen LogP contribution in [-0.2, 0) is 11.3 Å². The van der Waals surface area contributed by atoms with Crippen LogP contribution >= 0.6 is 0 Å².